The summed E-state index contributed by atoms with van der Waals surface area (Å²) in [4.78, 5) is 24.9. The Morgan fingerprint density at radius 1 is 1.04 bits per heavy atom. The van der Waals surface area contributed by atoms with Gasteiger partial charge in [-0.3, -0.25) is 4.79 Å². The molecule has 1 heterocycles. The third-order valence-electron chi connectivity index (χ3n) is 4.32. The van der Waals surface area contributed by atoms with Crippen LogP contribution in [0.4, 0.5) is 0 Å². The van der Waals surface area contributed by atoms with Crippen LogP contribution in [0.2, 0.25) is 0 Å². The van der Waals surface area contributed by atoms with Crippen LogP contribution in [0, 0.1) is 0 Å². The van der Waals surface area contributed by atoms with Gasteiger partial charge in [0.1, 0.15) is 6.04 Å². The normalized spacial score (nSPS) is 23.4. The van der Waals surface area contributed by atoms with Crippen LogP contribution in [0.3, 0.4) is 0 Å². The van der Waals surface area contributed by atoms with Gasteiger partial charge in [-0.15, -0.1) is 0 Å². The van der Waals surface area contributed by atoms with E-state index in [-0.39, 0.29) is 31.0 Å². The highest BCUT2D eigenvalue weighted by molar-refractivity contribution is 5.86. The van der Waals surface area contributed by atoms with Crippen LogP contribution in [-0.4, -0.2) is 24.5 Å². The van der Waals surface area contributed by atoms with Crippen molar-refractivity contribution < 1.29 is 14.3 Å². The maximum absolute atomic E-state index is 12.4. The number of esters is 1. The first-order chi connectivity index (χ1) is 12.2. The van der Waals surface area contributed by atoms with E-state index in [1.807, 2.05) is 60.7 Å². The summed E-state index contributed by atoms with van der Waals surface area (Å²) in [6, 6.07) is 18.2. The average molecular weight is 338 g/mol. The Bertz CT molecular complexity index is 718. The van der Waals surface area contributed by atoms with Crippen molar-refractivity contribution >= 4 is 11.9 Å². The molecular formula is C20H22N2O3. The molecule has 3 rings (SSSR count). The molecule has 3 unspecified atom stereocenters. The number of rotatable bonds is 4. The Kier molecular flexibility index (Phi) is 5.46. The number of ether oxygens (including phenoxy) is 1. The van der Waals surface area contributed by atoms with Crippen LogP contribution in [0.1, 0.15) is 36.6 Å². The first kappa shape index (κ1) is 17.2. The van der Waals surface area contributed by atoms with E-state index in [2.05, 4.69) is 10.6 Å². The van der Waals surface area contributed by atoms with Crippen LogP contribution in [-0.2, 0) is 14.3 Å². The lowest BCUT2D eigenvalue weighted by molar-refractivity contribution is -0.148. The number of hydrogen-bond acceptors (Lipinski definition) is 4. The monoisotopic (exact) mass is 338 g/mol. The van der Waals surface area contributed by atoms with Crippen molar-refractivity contribution in [2.75, 3.05) is 6.61 Å². The maximum atomic E-state index is 12.4. The van der Waals surface area contributed by atoms with Gasteiger partial charge in [0.25, 0.3) is 0 Å². The van der Waals surface area contributed by atoms with Gasteiger partial charge in [0.15, 0.2) is 0 Å². The van der Waals surface area contributed by atoms with Gasteiger partial charge in [0, 0.05) is 12.5 Å². The van der Waals surface area contributed by atoms with E-state index >= 15 is 0 Å². The molecule has 5 heteroatoms. The molecule has 130 valence electrons. The van der Waals surface area contributed by atoms with Crippen LogP contribution in [0.5, 0.6) is 0 Å². The van der Waals surface area contributed by atoms with Crippen molar-refractivity contribution in [1.29, 1.82) is 0 Å². The lowest BCUT2D eigenvalue weighted by atomic mass is 9.97. The summed E-state index contributed by atoms with van der Waals surface area (Å²) in [5, 5.41) is 6.32. The summed E-state index contributed by atoms with van der Waals surface area (Å²) in [6.45, 7) is 2.03. The van der Waals surface area contributed by atoms with E-state index in [0.717, 1.165) is 11.1 Å². The minimum absolute atomic E-state index is 0.169. The lowest BCUT2D eigenvalue weighted by Crippen LogP contribution is -2.47. The number of hydrogen-bond donors (Lipinski definition) is 2. The zero-order valence-corrected chi connectivity index (χ0v) is 14.1. The fourth-order valence-electron chi connectivity index (χ4n) is 3.15. The van der Waals surface area contributed by atoms with E-state index in [9.17, 15) is 9.59 Å². The topological polar surface area (TPSA) is 67.4 Å². The van der Waals surface area contributed by atoms with E-state index < -0.39 is 12.0 Å². The fourth-order valence-corrected chi connectivity index (χ4v) is 3.15. The van der Waals surface area contributed by atoms with Crippen molar-refractivity contribution in [3.05, 3.63) is 71.8 Å². The van der Waals surface area contributed by atoms with Gasteiger partial charge in [0.05, 0.1) is 12.6 Å². The molecule has 0 saturated carbocycles. The molecule has 2 N–H and O–H groups in total. The summed E-state index contributed by atoms with van der Waals surface area (Å²) in [5.74, 6) is -0.594. The third-order valence-corrected chi connectivity index (χ3v) is 4.32. The smallest absolute Gasteiger partial charge is 0.330 e. The zero-order chi connectivity index (χ0) is 17.6. The standard InChI is InChI=1S/C20H22N2O3/c1-2-25-20(24)19-18(15-11-7-4-8-12-15)21-16(13-17(23)22-19)14-9-5-3-6-10-14/h3-12,16,18-19,21H,2,13H2,1H3,(H,22,23). The van der Waals surface area contributed by atoms with E-state index in [1.165, 1.54) is 0 Å². The summed E-state index contributed by atoms with van der Waals surface area (Å²) < 4.78 is 5.18. The summed E-state index contributed by atoms with van der Waals surface area (Å²) in [5.41, 5.74) is 1.95. The van der Waals surface area contributed by atoms with Crippen LogP contribution >= 0.6 is 0 Å². The van der Waals surface area contributed by atoms with Crippen LogP contribution in [0.15, 0.2) is 60.7 Å². The molecule has 5 nitrogen and oxygen atoms in total. The molecule has 0 aromatic heterocycles. The molecule has 0 bridgehead atoms. The predicted octanol–water partition coefficient (Wildman–Crippen LogP) is 2.51. The molecule has 2 aromatic rings. The Morgan fingerprint density at radius 2 is 1.64 bits per heavy atom. The molecular weight excluding hydrogens is 316 g/mol. The SMILES string of the molecule is CCOC(=O)C1NC(=O)CC(c2ccccc2)NC1c1ccccc1. The first-order valence-corrected chi connectivity index (χ1v) is 8.51. The first-order valence-electron chi connectivity index (χ1n) is 8.51. The average Bonchev–Trinajstić information content (AvgIpc) is 2.82. The number of carbonyl (C=O) groups is 2. The number of nitrogens with one attached hydrogen (secondary N) is 2. The van der Waals surface area contributed by atoms with Gasteiger partial charge in [0.2, 0.25) is 5.91 Å². The summed E-state index contributed by atoms with van der Waals surface area (Å²) in [6.07, 6.45) is 0.267. The minimum Gasteiger partial charge on any atom is -0.464 e. The second kappa shape index (κ2) is 7.94. The minimum atomic E-state index is -0.761. The Morgan fingerprint density at radius 3 is 2.24 bits per heavy atom. The highest BCUT2D eigenvalue weighted by Crippen LogP contribution is 2.28. The molecule has 0 spiro atoms. The van der Waals surface area contributed by atoms with Crippen molar-refractivity contribution in [1.82, 2.24) is 10.6 Å². The highest BCUT2D eigenvalue weighted by Gasteiger charge is 2.37. The fraction of sp³-hybridized carbons (Fsp3) is 0.300. The molecule has 1 fully saturated rings. The number of benzene rings is 2. The van der Waals surface area contributed by atoms with Crippen molar-refractivity contribution in [3.8, 4) is 0 Å². The zero-order valence-electron chi connectivity index (χ0n) is 14.1. The van der Waals surface area contributed by atoms with E-state index in [1.54, 1.807) is 6.92 Å². The molecule has 0 aliphatic carbocycles. The van der Waals surface area contributed by atoms with E-state index in [4.69, 9.17) is 4.74 Å². The molecule has 2 aromatic carbocycles. The van der Waals surface area contributed by atoms with Gasteiger partial charge >= 0.3 is 5.97 Å². The summed E-state index contributed by atoms with van der Waals surface area (Å²) >= 11 is 0. The Balaban J connectivity index is 1.96. The summed E-state index contributed by atoms with van der Waals surface area (Å²) in [7, 11) is 0. The molecule has 1 aliphatic heterocycles. The molecule has 0 radical (unpaired) electrons. The molecule has 1 aliphatic rings. The van der Waals surface area contributed by atoms with Gasteiger partial charge < -0.3 is 15.4 Å². The van der Waals surface area contributed by atoms with Crippen molar-refractivity contribution in [2.45, 2.75) is 31.5 Å². The molecule has 1 saturated heterocycles. The quantitative estimate of drug-likeness (QED) is 0.841. The predicted molar refractivity (Wildman–Crippen MR) is 94.7 cm³/mol. The van der Waals surface area contributed by atoms with Crippen molar-refractivity contribution in [3.63, 3.8) is 0 Å². The van der Waals surface area contributed by atoms with Gasteiger partial charge in [-0.1, -0.05) is 60.7 Å². The maximum Gasteiger partial charge on any atom is 0.330 e. The Hall–Kier alpha value is -2.66. The lowest BCUT2D eigenvalue weighted by Gasteiger charge is -2.27. The van der Waals surface area contributed by atoms with Crippen LogP contribution in [0.25, 0.3) is 0 Å². The largest absolute Gasteiger partial charge is 0.464 e. The molecule has 1 amide bonds. The van der Waals surface area contributed by atoms with Gasteiger partial charge in [-0.05, 0) is 18.1 Å². The number of amides is 1. The van der Waals surface area contributed by atoms with Crippen LogP contribution < -0.4 is 10.6 Å². The second-order valence-electron chi connectivity index (χ2n) is 6.02. The van der Waals surface area contributed by atoms with Gasteiger partial charge in [-0.2, -0.15) is 0 Å². The second-order valence-corrected chi connectivity index (χ2v) is 6.02. The van der Waals surface area contributed by atoms with Gasteiger partial charge in [-0.25, -0.2) is 4.79 Å². The Labute approximate surface area is 147 Å². The van der Waals surface area contributed by atoms with Crippen molar-refractivity contribution in [2.24, 2.45) is 0 Å². The highest BCUT2D eigenvalue weighted by atomic mass is 16.5. The number of carbonyl (C=O) groups excluding carboxylic acids is 2. The molecule has 3 atom stereocenters. The van der Waals surface area contributed by atoms with E-state index in [0.29, 0.717) is 0 Å². The molecule has 25 heavy (non-hydrogen) atoms. The third kappa shape index (κ3) is 4.06.